The number of carbonyl (C=O) groups excluding carboxylic acids is 1. The van der Waals surface area contributed by atoms with Gasteiger partial charge in [-0.3, -0.25) is 4.79 Å². The first kappa shape index (κ1) is 11.6. The minimum atomic E-state index is 0.0456. The third-order valence-electron chi connectivity index (χ3n) is 2.07. The lowest BCUT2D eigenvalue weighted by atomic mass is 10.2. The zero-order chi connectivity index (χ0) is 11.1. The number of hydrogen-bond acceptors (Lipinski definition) is 2. The molecule has 3 heteroatoms. The molecule has 0 atom stereocenters. The maximum atomic E-state index is 11.1. The molecule has 3 nitrogen and oxygen atoms in total. The van der Waals surface area contributed by atoms with Gasteiger partial charge in [0, 0.05) is 24.3 Å². The first-order chi connectivity index (χ1) is 7.26. The summed E-state index contributed by atoms with van der Waals surface area (Å²) in [5.41, 5.74) is 1.94. The lowest BCUT2D eigenvalue weighted by Crippen LogP contribution is -2.09. The highest BCUT2D eigenvalue weighted by Crippen LogP contribution is 2.13. The monoisotopic (exact) mass is 206 g/mol. The van der Waals surface area contributed by atoms with E-state index in [-0.39, 0.29) is 5.91 Å². The van der Waals surface area contributed by atoms with Crippen LogP contribution in [0.5, 0.6) is 0 Å². The van der Waals surface area contributed by atoms with Crippen LogP contribution in [0.1, 0.15) is 26.7 Å². The van der Waals surface area contributed by atoms with Crippen molar-refractivity contribution in [2.45, 2.75) is 26.7 Å². The number of anilines is 2. The van der Waals surface area contributed by atoms with Gasteiger partial charge in [0.15, 0.2) is 0 Å². The van der Waals surface area contributed by atoms with E-state index in [9.17, 15) is 4.79 Å². The van der Waals surface area contributed by atoms with Crippen molar-refractivity contribution >= 4 is 17.3 Å². The largest absolute Gasteiger partial charge is 0.385 e. The second-order valence-corrected chi connectivity index (χ2v) is 3.41. The predicted molar refractivity (Wildman–Crippen MR) is 64.1 cm³/mol. The number of nitrogens with one attached hydrogen (secondary N) is 2. The molecule has 1 aromatic carbocycles. The molecule has 0 bridgehead atoms. The molecule has 1 aromatic rings. The fourth-order valence-corrected chi connectivity index (χ4v) is 1.19. The molecule has 1 amide bonds. The average molecular weight is 206 g/mol. The molecule has 1 rings (SSSR count). The smallest absolute Gasteiger partial charge is 0.224 e. The van der Waals surface area contributed by atoms with Gasteiger partial charge in [-0.2, -0.15) is 0 Å². The number of hydrogen-bond donors (Lipinski definition) is 2. The van der Waals surface area contributed by atoms with Crippen LogP contribution >= 0.6 is 0 Å². The van der Waals surface area contributed by atoms with Crippen molar-refractivity contribution in [1.29, 1.82) is 0 Å². The van der Waals surface area contributed by atoms with Crippen molar-refractivity contribution in [3.63, 3.8) is 0 Å². The second kappa shape index (κ2) is 6.06. The maximum Gasteiger partial charge on any atom is 0.224 e. The van der Waals surface area contributed by atoms with Crippen molar-refractivity contribution in [2.24, 2.45) is 0 Å². The molecule has 0 saturated carbocycles. The van der Waals surface area contributed by atoms with Gasteiger partial charge in [-0.1, -0.05) is 13.8 Å². The summed E-state index contributed by atoms with van der Waals surface area (Å²) in [6.07, 6.45) is 1.62. The van der Waals surface area contributed by atoms with E-state index in [2.05, 4.69) is 17.6 Å². The van der Waals surface area contributed by atoms with Crippen LogP contribution in [0.15, 0.2) is 24.3 Å². The Morgan fingerprint density at radius 1 is 1.13 bits per heavy atom. The van der Waals surface area contributed by atoms with Crippen LogP contribution in [-0.2, 0) is 4.79 Å². The van der Waals surface area contributed by atoms with Gasteiger partial charge in [0.25, 0.3) is 0 Å². The van der Waals surface area contributed by atoms with Crippen LogP contribution in [0.4, 0.5) is 11.4 Å². The van der Waals surface area contributed by atoms with Crippen LogP contribution in [0.2, 0.25) is 0 Å². The Labute approximate surface area is 90.9 Å². The highest BCUT2D eigenvalue weighted by Gasteiger charge is 1.98. The van der Waals surface area contributed by atoms with Gasteiger partial charge in [-0.25, -0.2) is 0 Å². The predicted octanol–water partition coefficient (Wildman–Crippen LogP) is 2.86. The molecule has 0 aliphatic carbocycles. The van der Waals surface area contributed by atoms with E-state index in [1.54, 1.807) is 0 Å². The topological polar surface area (TPSA) is 41.1 Å². The lowest BCUT2D eigenvalue weighted by Gasteiger charge is -2.06. The summed E-state index contributed by atoms with van der Waals surface area (Å²) >= 11 is 0. The van der Waals surface area contributed by atoms with Crippen LogP contribution in [0.3, 0.4) is 0 Å². The Morgan fingerprint density at radius 3 is 2.27 bits per heavy atom. The fourth-order valence-electron chi connectivity index (χ4n) is 1.19. The van der Waals surface area contributed by atoms with Crippen molar-refractivity contribution < 1.29 is 4.79 Å². The molecule has 82 valence electrons. The molecule has 0 saturated heterocycles. The Morgan fingerprint density at radius 2 is 1.73 bits per heavy atom. The highest BCUT2D eigenvalue weighted by molar-refractivity contribution is 5.90. The Hall–Kier alpha value is -1.51. The minimum absolute atomic E-state index is 0.0456. The van der Waals surface area contributed by atoms with E-state index in [1.165, 1.54) is 0 Å². The lowest BCUT2D eigenvalue weighted by molar-refractivity contribution is -0.115. The maximum absolute atomic E-state index is 11.1. The van der Waals surface area contributed by atoms with E-state index in [1.807, 2.05) is 31.2 Å². The summed E-state index contributed by atoms with van der Waals surface area (Å²) in [5.74, 6) is 0.0456. The zero-order valence-electron chi connectivity index (χ0n) is 9.34. The Kier molecular flexibility index (Phi) is 4.68. The first-order valence-corrected chi connectivity index (χ1v) is 5.40. The van der Waals surface area contributed by atoms with Gasteiger partial charge in [0.05, 0.1) is 0 Å². The van der Waals surface area contributed by atoms with E-state index in [0.29, 0.717) is 6.42 Å². The van der Waals surface area contributed by atoms with Crippen LogP contribution in [0.25, 0.3) is 0 Å². The van der Waals surface area contributed by atoms with Crippen LogP contribution in [0, 0.1) is 0 Å². The van der Waals surface area contributed by atoms with Gasteiger partial charge in [0.2, 0.25) is 5.91 Å². The molecule has 0 spiro atoms. The molecule has 0 radical (unpaired) electrons. The minimum Gasteiger partial charge on any atom is -0.385 e. The van der Waals surface area contributed by atoms with E-state index in [4.69, 9.17) is 0 Å². The quantitative estimate of drug-likeness (QED) is 0.777. The molecular formula is C12H18N2O. The van der Waals surface area contributed by atoms with Crippen LogP contribution < -0.4 is 10.6 Å². The van der Waals surface area contributed by atoms with Crippen molar-refractivity contribution in [2.75, 3.05) is 17.2 Å². The number of amides is 1. The molecule has 0 heterocycles. The first-order valence-electron chi connectivity index (χ1n) is 5.40. The van der Waals surface area contributed by atoms with Gasteiger partial charge in [-0.15, -0.1) is 0 Å². The van der Waals surface area contributed by atoms with E-state index >= 15 is 0 Å². The van der Waals surface area contributed by atoms with E-state index in [0.717, 1.165) is 24.3 Å². The normalized spacial score (nSPS) is 9.73. The SMILES string of the molecule is CCCNc1ccc(NC(=O)CC)cc1. The summed E-state index contributed by atoms with van der Waals surface area (Å²) in [5, 5.41) is 6.08. The van der Waals surface area contributed by atoms with Crippen molar-refractivity contribution in [1.82, 2.24) is 0 Å². The molecule has 0 unspecified atom stereocenters. The highest BCUT2D eigenvalue weighted by atomic mass is 16.1. The molecule has 0 aliphatic heterocycles. The third-order valence-corrected chi connectivity index (χ3v) is 2.07. The summed E-state index contributed by atoms with van der Waals surface area (Å²) in [6, 6.07) is 7.76. The molecule has 0 aliphatic rings. The average Bonchev–Trinajstić information content (AvgIpc) is 2.28. The summed E-state index contributed by atoms with van der Waals surface area (Å²) in [4.78, 5) is 11.1. The third kappa shape index (κ3) is 4.02. The van der Waals surface area contributed by atoms with Crippen molar-refractivity contribution in [3.8, 4) is 0 Å². The van der Waals surface area contributed by atoms with E-state index < -0.39 is 0 Å². The fraction of sp³-hybridized carbons (Fsp3) is 0.417. The summed E-state index contributed by atoms with van der Waals surface area (Å²) in [6.45, 7) is 4.94. The zero-order valence-corrected chi connectivity index (χ0v) is 9.34. The molecule has 15 heavy (non-hydrogen) atoms. The second-order valence-electron chi connectivity index (χ2n) is 3.41. The standard InChI is InChI=1S/C12H18N2O/c1-3-9-13-10-5-7-11(8-6-10)14-12(15)4-2/h5-8,13H,3-4,9H2,1-2H3,(H,14,15). The number of benzene rings is 1. The molecule has 2 N–H and O–H groups in total. The van der Waals surface area contributed by atoms with Crippen LogP contribution in [-0.4, -0.2) is 12.5 Å². The Bertz CT molecular complexity index is 306. The van der Waals surface area contributed by atoms with Gasteiger partial charge >= 0.3 is 0 Å². The number of carbonyl (C=O) groups is 1. The molecule has 0 aromatic heterocycles. The summed E-state index contributed by atoms with van der Waals surface area (Å²) in [7, 11) is 0. The van der Waals surface area contributed by atoms with Crippen molar-refractivity contribution in [3.05, 3.63) is 24.3 Å². The van der Waals surface area contributed by atoms with Gasteiger partial charge < -0.3 is 10.6 Å². The van der Waals surface area contributed by atoms with Gasteiger partial charge in [0.1, 0.15) is 0 Å². The summed E-state index contributed by atoms with van der Waals surface area (Å²) < 4.78 is 0. The molecule has 0 fully saturated rings. The number of rotatable bonds is 5. The Balaban J connectivity index is 2.52. The molecular weight excluding hydrogens is 188 g/mol. The van der Waals surface area contributed by atoms with Gasteiger partial charge in [-0.05, 0) is 30.7 Å².